The fourth-order valence-electron chi connectivity index (χ4n) is 3.82. The molecule has 166 valence electrons. The summed E-state index contributed by atoms with van der Waals surface area (Å²) in [5, 5.41) is 12.0. The van der Waals surface area contributed by atoms with Gasteiger partial charge in [-0.1, -0.05) is 0 Å². The fourth-order valence-corrected chi connectivity index (χ4v) is 4.46. The van der Waals surface area contributed by atoms with Crippen LogP contribution < -0.4 is 15.0 Å². The van der Waals surface area contributed by atoms with E-state index in [2.05, 4.69) is 20.2 Å². The number of hydrogen-bond acceptors (Lipinski definition) is 8. The summed E-state index contributed by atoms with van der Waals surface area (Å²) in [6.07, 6.45) is 2.77. The summed E-state index contributed by atoms with van der Waals surface area (Å²) in [5.74, 6) is 0.472. The van der Waals surface area contributed by atoms with Crippen LogP contribution in [0.5, 0.6) is 5.75 Å². The number of carbonyl (C=O) groups is 1. The lowest BCUT2D eigenvalue weighted by Gasteiger charge is -2.40. The van der Waals surface area contributed by atoms with E-state index in [0.717, 1.165) is 12.3 Å². The lowest BCUT2D eigenvalue weighted by atomic mass is 10.0. The summed E-state index contributed by atoms with van der Waals surface area (Å²) in [5.41, 5.74) is 0.0591. The van der Waals surface area contributed by atoms with Gasteiger partial charge in [0.25, 0.3) is 0 Å². The summed E-state index contributed by atoms with van der Waals surface area (Å²) in [4.78, 5) is 23.0. The summed E-state index contributed by atoms with van der Waals surface area (Å²) < 4.78 is 43.5. The van der Waals surface area contributed by atoms with Gasteiger partial charge in [0.05, 0.1) is 17.1 Å². The van der Waals surface area contributed by atoms with Gasteiger partial charge in [0.1, 0.15) is 18.8 Å². The Kier molecular flexibility index (Phi) is 5.56. The molecule has 0 radical (unpaired) electrons. The Bertz CT molecular complexity index is 1100. The summed E-state index contributed by atoms with van der Waals surface area (Å²) >= 11 is 0. The molecule has 2 aliphatic heterocycles. The van der Waals surface area contributed by atoms with Crippen LogP contribution >= 0.6 is 0 Å². The van der Waals surface area contributed by atoms with Crippen LogP contribution in [0.1, 0.15) is 12.8 Å². The third-order valence-electron chi connectivity index (χ3n) is 5.43. The molecule has 1 fully saturated rings. The first-order valence-corrected chi connectivity index (χ1v) is 11.6. The number of amides is 1. The predicted octanol–water partition coefficient (Wildman–Crippen LogP) is 2.10. The molecule has 0 saturated carbocycles. The fraction of sp³-hybridized carbons (Fsp3) is 0.421. The minimum atomic E-state index is -3.52. The van der Waals surface area contributed by atoms with Crippen molar-refractivity contribution in [1.82, 2.24) is 14.9 Å². The maximum Gasteiger partial charge on any atom is 0.407 e. The molecule has 0 aliphatic carbocycles. The number of nitrogens with zero attached hydrogens (tertiary/aromatic N) is 4. The van der Waals surface area contributed by atoms with Crippen LogP contribution in [0.3, 0.4) is 0 Å². The second kappa shape index (κ2) is 8.17. The predicted molar refractivity (Wildman–Crippen MR) is 110 cm³/mol. The van der Waals surface area contributed by atoms with Crippen molar-refractivity contribution in [3.63, 3.8) is 0 Å². The molecular formula is C19H22FN5O5S. The maximum atomic E-state index is 14.5. The number of fused-ring (bicyclic) bond motifs is 1. The molecule has 31 heavy (non-hydrogen) atoms. The Balaban J connectivity index is 1.57. The Labute approximate surface area is 178 Å². The number of ether oxygens (including phenoxy) is 1. The molecule has 3 heterocycles. The van der Waals surface area contributed by atoms with Crippen LogP contribution in [0.15, 0.2) is 29.4 Å². The zero-order valence-corrected chi connectivity index (χ0v) is 17.6. The van der Waals surface area contributed by atoms with Gasteiger partial charge in [0.15, 0.2) is 21.5 Å². The zero-order valence-electron chi connectivity index (χ0n) is 16.8. The largest absolute Gasteiger partial charge is 0.485 e. The molecule has 2 aromatic rings. The first kappa shape index (κ1) is 21.1. The number of nitrogens with one attached hydrogen (secondary N) is 1. The second-order valence-corrected chi connectivity index (χ2v) is 9.47. The van der Waals surface area contributed by atoms with Crippen LogP contribution in [-0.4, -0.2) is 73.0 Å². The highest BCUT2D eigenvalue weighted by molar-refractivity contribution is 7.90. The van der Waals surface area contributed by atoms with Crippen LogP contribution in [0.2, 0.25) is 0 Å². The van der Waals surface area contributed by atoms with E-state index in [1.807, 2.05) is 0 Å². The van der Waals surface area contributed by atoms with E-state index in [1.165, 1.54) is 23.4 Å². The number of piperidine rings is 1. The highest BCUT2D eigenvalue weighted by Crippen LogP contribution is 2.39. The number of rotatable bonds is 4. The third-order valence-corrected chi connectivity index (χ3v) is 6.54. The quantitative estimate of drug-likeness (QED) is 0.719. The summed E-state index contributed by atoms with van der Waals surface area (Å²) in [7, 11) is -3.52. The van der Waals surface area contributed by atoms with Gasteiger partial charge in [-0.25, -0.2) is 27.6 Å². The van der Waals surface area contributed by atoms with Crippen molar-refractivity contribution in [3.8, 4) is 5.75 Å². The molecule has 1 aromatic heterocycles. The highest BCUT2D eigenvalue weighted by atomic mass is 32.2. The van der Waals surface area contributed by atoms with Crippen LogP contribution in [0.4, 0.5) is 26.5 Å². The van der Waals surface area contributed by atoms with E-state index in [-0.39, 0.29) is 22.4 Å². The lowest BCUT2D eigenvalue weighted by Crippen LogP contribution is -2.49. The van der Waals surface area contributed by atoms with E-state index < -0.39 is 21.7 Å². The molecule has 4 rings (SSSR count). The molecule has 1 aromatic carbocycles. The highest BCUT2D eigenvalue weighted by Gasteiger charge is 2.32. The van der Waals surface area contributed by atoms with Gasteiger partial charge in [0, 0.05) is 25.4 Å². The number of likely N-dealkylation sites (tertiary alicyclic amines) is 1. The van der Waals surface area contributed by atoms with Crippen molar-refractivity contribution >= 4 is 33.3 Å². The molecule has 0 spiro atoms. The molecule has 1 saturated heterocycles. The summed E-state index contributed by atoms with van der Waals surface area (Å²) in [6.45, 7) is 1.86. The monoisotopic (exact) mass is 451 g/mol. The number of halogens is 1. The number of aromatic nitrogens is 2. The number of benzene rings is 1. The molecule has 12 heteroatoms. The zero-order chi connectivity index (χ0) is 22.2. The number of carboxylic acid groups (broad SMARTS) is 1. The van der Waals surface area contributed by atoms with E-state index in [0.29, 0.717) is 50.7 Å². The molecule has 2 aliphatic rings. The number of anilines is 3. The van der Waals surface area contributed by atoms with E-state index >= 15 is 0 Å². The minimum Gasteiger partial charge on any atom is -0.485 e. The van der Waals surface area contributed by atoms with Crippen LogP contribution in [0, 0.1) is 5.82 Å². The second-order valence-electron chi connectivity index (χ2n) is 7.46. The van der Waals surface area contributed by atoms with Crippen molar-refractivity contribution < 1.29 is 27.4 Å². The Morgan fingerprint density at radius 2 is 2.00 bits per heavy atom. The first-order valence-electron chi connectivity index (χ1n) is 9.73. The van der Waals surface area contributed by atoms with Gasteiger partial charge in [-0.15, -0.1) is 0 Å². The molecular weight excluding hydrogens is 429 g/mol. The van der Waals surface area contributed by atoms with Crippen molar-refractivity contribution in [2.75, 3.05) is 42.7 Å². The standard InChI is InChI=1S/C19H22FN5O5S/c1-31(28,29)13-2-3-15(14(20)10-13)23-17-16-18(22-11-21-17)25(8-9-30-16)12-4-6-24(7-5-12)19(26)27/h2-3,10-12H,4-9H2,1H3,(H,26,27)(H,21,22,23). The van der Waals surface area contributed by atoms with Crippen molar-refractivity contribution in [1.29, 1.82) is 0 Å². The van der Waals surface area contributed by atoms with Crippen molar-refractivity contribution in [2.24, 2.45) is 0 Å². The van der Waals surface area contributed by atoms with Gasteiger partial charge < -0.3 is 25.0 Å². The normalized spacial score (nSPS) is 17.1. The topological polar surface area (TPSA) is 125 Å². The van der Waals surface area contributed by atoms with Gasteiger partial charge in [0.2, 0.25) is 5.75 Å². The average Bonchev–Trinajstić information content (AvgIpc) is 2.74. The Hall–Kier alpha value is -3.15. The van der Waals surface area contributed by atoms with Gasteiger partial charge >= 0.3 is 6.09 Å². The maximum absolute atomic E-state index is 14.5. The average molecular weight is 451 g/mol. The Morgan fingerprint density at radius 3 is 2.65 bits per heavy atom. The number of sulfone groups is 1. The minimum absolute atomic E-state index is 0.0591. The van der Waals surface area contributed by atoms with Gasteiger partial charge in [-0.2, -0.15) is 0 Å². The third kappa shape index (κ3) is 4.33. The van der Waals surface area contributed by atoms with E-state index in [9.17, 15) is 17.6 Å². The molecule has 0 bridgehead atoms. The molecule has 2 N–H and O–H groups in total. The van der Waals surface area contributed by atoms with E-state index in [1.54, 1.807) is 0 Å². The smallest absolute Gasteiger partial charge is 0.407 e. The van der Waals surface area contributed by atoms with Crippen molar-refractivity contribution in [3.05, 3.63) is 30.3 Å². The SMILES string of the molecule is CS(=O)(=O)c1ccc(Nc2ncnc3c2OCCN3C2CCN(C(=O)O)CC2)c(F)c1. The number of hydrogen-bond donors (Lipinski definition) is 2. The van der Waals surface area contributed by atoms with Gasteiger partial charge in [-0.05, 0) is 31.0 Å². The first-order chi connectivity index (χ1) is 14.7. The van der Waals surface area contributed by atoms with Crippen LogP contribution in [-0.2, 0) is 9.84 Å². The van der Waals surface area contributed by atoms with E-state index in [4.69, 9.17) is 9.84 Å². The lowest BCUT2D eigenvalue weighted by molar-refractivity contribution is 0.130. The Morgan fingerprint density at radius 1 is 1.26 bits per heavy atom. The molecule has 10 nitrogen and oxygen atoms in total. The molecule has 0 atom stereocenters. The summed E-state index contributed by atoms with van der Waals surface area (Å²) in [6, 6.07) is 3.71. The molecule has 0 unspecified atom stereocenters. The van der Waals surface area contributed by atoms with Crippen molar-refractivity contribution in [2.45, 2.75) is 23.8 Å². The van der Waals surface area contributed by atoms with Crippen LogP contribution in [0.25, 0.3) is 0 Å². The molecule has 1 amide bonds. The van der Waals surface area contributed by atoms with Gasteiger partial charge in [-0.3, -0.25) is 0 Å².